The van der Waals surface area contributed by atoms with Crippen LogP contribution >= 0.6 is 11.8 Å². The first-order valence-corrected chi connectivity index (χ1v) is 11.7. The van der Waals surface area contributed by atoms with Gasteiger partial charge in [-0.1, -0.05) is 37.7 Å². The number of sulfone groups is 1. The number of amides is 1. The third kappa shape index (κ3) is 4.90. The summed E-state index contributed by atoms with van der Waals surface area (Å²) >= 11 is 1.20. The molecule has 0 spiro atoms. The second-order valence-corrected chi connectivity index (χ2v) is 10.3. The predicted octanol–water partition coefficient (Wildman–Crippen LogP) is 1.45. The number of benzene rings is 1. The maximum atomic E-state index is 12.8. The smallest absolute Gasteiger partial charge is 0.262 e. The van der Waals surface area contributed by atoms with E-state index in [1.165, 1.54) is 11.8 Å². The largest absolute Gasteiger partial charge is 0.352 e. The number of carbonyl (C=O) groups is 1. The van der Waals surface area contributed by atoms with E-state index in [0.717, 1.165) is 0 Å². The van der Waals surface area contributed by atoms with Crippen molar-refractivity contribution in [3.63, 3.8) is 0 Å². The highest BCUT2D eigenvalue weighted by Gasteiger charge is 2.28. The number of rotatable bonds is 6. The van der Waals surface area contributed by atoms with Crippen LogP contribution in [-0.4, -0.2) is 47.2 Å². The zero-order chi connectivity index (χ0) is 19.6. The molecule has 3 rings (SSSR count). The highest BCUT2D eigenvalue weighted by molar-refractivity contribution is 7.99. The molecule has 146 valence electrons. The van der Waals surface area contributed by atoms with Crippen LogP contribution in [0.2, 0.25) is 0 Å². The Labute approximate surface area is 162 Å². The number of aromatic nitrogens is 2. The van der Waals surface area contributed by atoms with E-state index in [1.807, 2.05) is 19.9 Å². The van der Waals surface area contributed by atoms with Crippen molar-refractivity contribution in [2.45, 2.75) is 38.0 Å². The van der Waals surface area contributed by atoms with Crippen LogP contribution in [0.3, 0.4) is 0 Å². The molecule has 0 unspecified atom stereocenters. The number of nitrogens with one attached hydrogen (secondary N) is 1. The number of nitrogens with zero attached hydrogens (tertiary/aromatic N) is 2. The standard InChI is InChI=1S/C18H23N3O4S2/c1-12(2)9-21-17(23)14-5-3-4-6-15(14)20-18(21)26-10-16(22)19-13-7-8-27(24,25)11-13/h3-6,12-13H,7-11H2,1-2H3,(H,19,22)/t13-/m1/s1. The summed E-state index contributed by atoms with van der Waals surface area (Å²) < 4.78 is 24.6. The Kier molecular flexibility index (Phi) is 5.90. The lowest BCUT2D eigenvalue weighted by atomic mass is 10.2. The van der Waals surface area contributed by atoms with Crippen molar-refractivity contribution in [2.24, 2.45) is 5.92 Å². The lowest BCUT2D eigenvalue weighted by molar-refractivity contribution is -0.119. The van der Waals surface area contributed by atoms with Crippen molar-refractivity contribution in [3.8, 4) is 0 Å². The molecule has 2 aromatic rings. The predicted molar refractivity (Wildman–Crippen MR) is 107 cm³/mol. The highest BCUT2D eigenvalue weighted by Crippen LogP contribution is 2.19. The van der Waals surface area contributed by atoms with Crippen molar-refractivity contribution in [1.82, 2.24) is 14.9 Å². The summed E-state index contributed by atoms with van der Waals surface area (Å²) in [5.74, 6) is 0.198. The Hall–Kier alpha value is -1.87. The number of para-hydroxylation sites is 1. The Balaban J connectivity index is 1.77. The lowest BCUT2D eigenvalue weighted by Gasteiger charge is -2.15. The summed E-state index contributed by atoms with van der Waals surface area (Å²) in [5.41, 5.74) is 0.492. The van der Waals surface area contributed by atoms with Crippen LogP contribution in [0, 0.1) is 5.92 Å². The SMILES string of the molecule is CC(C)Cn1c(SCC(=O)N[C@@H]2CCS(=O)(=O)C2)nc2ccccc2c1=O. The van der Waals surface area contributed by atoms with E-state index in [9.17, 15) is 18.0 Å². The lowest BCUT2D eigenvalue weighted by Crippen LogP contribution is -2.37. The van der Waals surface area contributed by atoms with Crippen LogP contribution in [0.25, 0.3) is 10.9 Å². The van der Waals surface area contributed by atoms with Crippen molar-refractivity contribution in [1.29, 1.82) is 0 Å². The Bertz CT molecular complexity index is 1010. The summed E-state index contributed by atoms with van der Waals surface area (Å²) in [4.78, 5) is 29.6. The molecule has 7 nitrogen and oxygen atoms in total. The van der Waals surface area contributed by atoms with Gasteiger partial charge in [-0.05, 0) is 24.5 Å². The normalized spacial score (nSPS) is 18.9. The van der Waals surface area contributed by atoms with Gasteiger partial charge in [0.2, 0.25) is 5.91 Å². The molecule has 1 saturated heterocycles. The molecule has 1 N–H and O–H groups in total. The number of hydrogen-bond acceptors (Lipinski definition) is 6. The zero-order valence-electron chi connectivity index (χ0n) is 15.3. The summed E-state index contributed by atoms with van der Waals surface area (Å²) in [6.07, 6.45) is 0.449. The number of carbonyl (C=O) groups excluding carboxylic acids is 1. The van der Waals surface area contributed by atoms with Crippen LogP contribution in [0.4, 0.5) is 0 Å². The fourth-order valence-corrected chi connectivity index (χ4v) is 5.59. The highest BCUT2D eigenvalue weighted by atomic mass is 32.2. The first kappa shape index (κ1) is 19.9. The van der Waals surface area contributed by atoms with Crippen LogP contribution in [0.5, 0.6) is 0 Å². The van der Waals surface area contributed by atoms with Crippen LogP contribution < -0.4 is 10.9 Å². The minimum absolute atomic E-state index is 0.00428. The fourth-order valence-electron chi connectivity index (χ4n) is 3.09. The van der Waals surface area contributed by atoms with Gasteiger partial charge in [0.1, 0.15) is 0 Å². The minimum Gasteiger partial charge on any atom is -0.352 e. The van der Waals surface area contributed by atoms with Crippen molar-refractivity contribution < 1.29 is 13.2 Å². The zero-order valence-corrected chi connectivity index (χ0v) is 17.0. The van der Waals surface area contributed by atoms with Crippen molar-refractivity contribution in [2.75, 3.05) is 17.3 Å². The van der Waals surface area contributed by atoms with Gasteiger partial charge in [0.25, 0.3) is 5.56 Å². The van der Waals surface area contributed by atoms with E-state index in [4.69, 9.17) is 0 Å². The maximum absolute atomic E-state index is 12.8. The van der Waals surface area contributed by atoms with E-state index in [1.54, 1.807) is 22.8 Å². The maximum Gasteiger partial charge on any atom is 0.262 e. The second-order valence-electron chi connectivity index (χ2n) is 7.18. The van der Waals surface area contributed by atoms with Crippen LogP contribution in [-0.2, 0) is 21.2 Å². The summed E-state index contributed by atoms with van der Waals surface area (Å²) in [5, 5.41) is 3.82. The molecular formula is C18H23N3O4S2. The van der Waals surface area contributed by atoms with Gasteiger partial charge in [-0.25, -0.2) is 13.4 Å². The molecule has 27 heavy (non-hydrogen) atoms. The molecule has 1 aliphatic heterocycles. The molecule has 0 saturated carbocycles. The first-order chi connectivity index (χ1) is 12.7. The van der Waals surface area contributed by atoms with E-state index >= 15 is 0 Å². The number of thioether (sulfide) groups is 1. The van der Waals surface area contributed by atoms with E-state index in [0.29, 0.717) is 29.0 Å². The quantitative estimate of drug-likeness (QED) is 0.573. The third-order valence-corrected chi connectivity index (χ3v) is 7.05. The molecule has 1 aromatic heterocycles. The molecule has 1 amide bonds. The molecule has 0 radical (unpaired) electrons. The third-order valence-electron chi connectivity index (χ3n) is 4.30. The van der Waals surface area contributed by atoms with Gasteiger partial charge < -0.3 is 5.32 Å². The van der Waals surface area contributed by atoms with Gasteiger partial charge in [-0.15, -0.1) is 0 Å². The molecule has 1 aliphatic rings. The van der Waals surface area contributed by atoms with Crippen LogP contribution in [0.1, 0.15) is 20.3 Å². The van der Waals surface area contributed by atoms with E-state index in [2.05, 4.69) is 10.3 Å². The number of fused-ring (bicyclic) bond motifs is 1. The van der Waals surface area contributed by atoms with E-state index < -0.39 is 9.84 Å². The fraction of sp³-hybridized carbons (Fsp3) is 0.500. The summed E-state index contributed by atoms with van der Waals surface area (Å²) in [6, 6.07) is 6.84. The summed E-state index contributed by atoms with van der Waals surface area (Å²) in [6.45, 7) is 4.55. The van der Waals surface area contributed by atoms with Gasteiger partial charge in [-0.2, -0.15) is 0 Å². The van der Waals surface area contributed by atoms with Crippen molar-refractivity contribution in [3.05, 3.63) is 34.6 Å². The minimum atomic E-state index is -3.04. The molecule has 9 heteroatoms. The van der Waals surface area contributed by atoms with Crippen molar-refractivity contribution >= 4 is 38.4 Å². The average Bonchev–Trinajstić information content (AvgIpc) is 2.94. The molecular weight excluding hydrogens is 386 g/mol. The Morgan fingerprint density at radius 1 is 1.37 bits per heavy atom. The van der Waals surface area contributed by atoms with Gasteiger partial charge in [0, 0.05) is 12.6 Å². The molecule has 1 fully saturated rings. The Morgan fingerprint density at radius 3 is 2.78 bits per heavy atom. The van der Waals surface area contributed by atoms with E-state index in [-0.39, 0.29) is 40.7 Å². The van der Waals surface area contributed by atoms with Gasteiger partial charge in [-0.3, -0.25) is 14.2 Å². The molecule has 1 aromatic carbocycles. The molecule has 0 aliphatic carbocycles. The summed E-state index contributed by atoms with van der Waals surface area (Å²) in [7, 11) is -3.04. The molecule has 2 heterocycles. The van der Waals surface area contributed by atoms with Gasteiger partial charge in [0.15, 0.2) is 15.0 Å². The van der Waals surface area contributed by atoms with Gasteiger partial charge >= 0.3 is 0 Å². The molecule has 1 atom stereocenters. The molecule has 0 bridgehead atoms. The van der Waals surface area contributed by atoms with Gasteiger partial charge in [0.05, 0.1) is 28.2 Å². The Morgan fingerprint density at radius 2 is 2.11 bits per heavy atom. The average molecular weight is 410 g/mol. The second kappa shape index (κ2) is 8.02. The first-order valence-electron chi connectivity index (χ1n) is 8.87. The topological polar surface area (TPSA) is 98.1 Å². The monoisotopic (exact) mass is 409 g/mol. The van der Waals surface area contributed by atoms with Crippen LogP contribution in [0.15, 0.2) is 34.2 Å². The number of hydrogen-bond donors (Lipinski definition) is 1.